The number of para-hydroxylation sites is 1. The number of hydrogen-bond acceptors (Lipinski definition) is 5. The summed E-state index contributed by atoms with van der Waals surface area (Å²) < 4.78 is 33.2. The fraction of sp³-hybridized carbons (Fsp3) is 0.611. The Morgan fingerprint density at radius 3 is 2.56 bits per heavy atom. The third-order valence-electron chi connectivity index (χ3n) is 3.57. The number of ether oxygens (including phenoxy) is 2. The number of guanidine groups is 1. The van der Waals surface area contributed by atoms with Crippen LogP contribution in [0.2, 0.25) is 0 Å². The third-order valence-corrected chi connectivity index (χ3v) is 4.48. The van der Waals surface area contributed by atoms with Crippen LogP contribution in [0.1, 0.15) is 12.5 Å². The molecule has 0 aliphatic carbocycles. The SMILES string of the molecule is CCNC(=NCCOCCS(C)(=O)=O)N(C)CCOc1ccccc1C.I. The van der Waals surface area contributed by atoms with Gasteiger partial charge >= 0.3 is 0 Å². The Morgan fingerprint density at radius 2 is 1.93 bits per heavy atom. The van der Waals surface area contributed by atoms with E-state index in [9.17, 15) is 8.42 Å². The van der Waals surface area contributed by atoms with Gasteiger partial charge in [0.2, 0.25) is 0 Å². The van der Waals surface area contributed by atoms with Crippen molar-refractivity contribution in [2.24, 2.45) is 4.99 Å². The number of benzene rings is 1. The van der Waals surface area contributed by atoms with E-state index in [1.165, 1.54) is 6.26 Å². The van der Waals surface area contributed by atoms with Crippen molar-refractivity contribution in [2.75, 3.05) is 58.5 Å². The number of sulfone groups is 1. The first kappa shape index (κ1) is 25.9. The molecule has 9 heteroatoms. The summed E-state index contributed by atoms with van der Waals surface area (Å²) in [7, 11) is -1.03. The predicted octanol–water partition coefficient (Wildman–Crippen LogP) is 1.95. The van der Waals surface area contributed by atoms with Crippen LogP contribution in [0.15, 0.2) is 29.3 Å². The first-order valence-electron chi connectivity index (χ1n) is 8.77. The average Bonchev–Trinajstić information content (AvgIpc) is 2.57. The number of aryl methyl sites for hydroxylation is 1. The van der Waals surface area contributed by atoms with Gasteiger partial charge in [0.1, 0.15) is 22.2 Å². The number of aliphatic imine (C=N–C) groups is 1. The van der Waals surface area contributed by atoms with Crippen molar-refractivity contribution < 1.29 is 17.9 Å². The largest absolute Gasteiger partial charge is 0.491 e. The molecule has 1 aromatic rings. The molecular formula is C18H32IN3O4S. The van der Waals surface area contributed by atoms with E-state index in [4.69, 9.17) is 9.47 Å². The molecule has 0 amide bonds. The smallest absolute Gasteiger partial charge is 0.193 e. The molecule has 0 spiro atoms. The van der Waals surface area contributed by atoms with Gasteiger partial charge in [-0.1, -0.05) is 18.2 Å². The summed E-state index contributed by atoms with van der Waals surface area (Å²) in [6, 6.07) is 7.93. The maximum Gasteiger partial charge on any atom is 0.193 e. The summed E-state index contributed by atoms with van der Waals surface area (Å²) in [6.45, 7) is 7.09. The van der Waals surface area contributed by atoms with Crippen LogP contribution in [0, 0.1) is 6.92 Å². The Hall–Kier alpha value is -1.07. The molecule has 0 saturated carbocycles. The van der Waals surface area contributed by atoms with Gasteiger partial charge in [-0.3, -0.25) is 4.99 Å². The van der Waals surface area contributed by atoms with Crippen molar-refractivity contribution in [3.8, 4) is 5.75 Å². The third kappa shape index (κ3) is 12.1. The van der Waals surface area contributed by atoms with Crippen LogP contribution in [0.4, 0.5) is 0 Å². The summed E-state index contributed by atoms with van der Waals surface area (Å²) in [5, 5.41) is 3.23. The second kappa shape index (κ2) is 14.0. The molecule has 0 aliphatic heterocycles. The van der Waals surface area contributed by atoms with Gasteiger partial charge in [0.05, 0.1) is 32.1 Å². The molecular weight excluding hydrogens is 481 g/mol. The fourth-order valence-corrected chi connectivity index (χ4v) is 2.54. The zero-order valence-corrected chi connectivity index (χ0v) is 19.7. The van der Waals surface area contributed by atoms with Gasteiger partial charge in [0, 0.05) is 19.8 Å². The first-order chi connectivity index (χ1) is 12.3. The van der Waals surface area contributed by atoms with Crippen LogP contribution in [-0.2, 0) is 14.6 Å². The van der Waals surface area contributed by atoms with Gasteiger partial charge < -0.3 is 19.7 Å². The van der Waals surface area contributed by atoms with Crippen molar-refractivity contribution in [2.45, 2.75) is 13.8 Å². The molecule has 7 nitrogen and oxygen atoms in total. The van der Waals surface area contributed by atoms with E-state index in [1.54, 1.807) is 0 Å². The number of halogens is 1. The normalized spacial score (nSPS) is 11.6. The van der Waals surface area contributed by atoms with Crippen molar-refractivity contribution in [3.63, 3.8) is 0 Å². The van der Waals surface area contributed by atoms with E-state index >= 15 is 0 Å². The number of likely N-dealkylation sites (N-methyl/N-ethyl adjacent to an activating group) is 1. The van der Waals surface area contributed by atoms with Gasteiger partial charge in [-0.05, 0) is 25.5 Å². The monoisotopic (exact) mass is 513 g/mol. The van der Waals surface area contributed by atoms with Gasteiger partial charge in [-0.15, -0.1) is 24.0 Å². The Kier molecular flexibility index (Phi) is 13.4. The molecule has 0 aliphatic rings. The highest BCUT2D eigenvalue weighted by atomic mass is 127. The Labute approximate surface area is 180 Å². The molecule has 156 valence electrons. The molecule has 1 N–H and O–H groups in total. The van der Waals surface area contributed by atoms with Crippen LogP contribution >= 0.6 is 24.0 Å². The van der Waals surface area contributed by atoms with Gasteiger partial charge in [-0.25, -0.2) is 8.42 Å². The number of hydrogen-bond donors (Lipinski definition) is 1. The van der Waals surface area contributed by atoms with Crippen LogP contribution in [0.3, 0.4) is 0 Å². The lowest BCUT2D eigenvalue weighted by atomic mass is 10.2. The quantitative estimate of drug-likeness (QED) is 0.211. The lowest BCUT2D eigenvalue weighted by Gasteiger charge is -2.22. The Balaban J connectivity index is 0.00000676. The summed E-state index contributed by atoms with van der Waals surface area (Å²) in [4.78, 5) is 6.49. The second-order valence-corrected chi connectivity index (χ2v) is 8.27. The molecule has 27 heavy (non-hydrogen) atoms. The van der Waals surface area contributed by atoms with Gasteiger partial charge in [0.15, 0.2) is 5.96 Å². The van der Waals surface area contributed by atoms with E-state index in [1.807, 2.05) is 50.1 Å². The number of nitrogens with zero attached hydrogens (tertiary/aromatic N) is 2. The molecule has 0 saturated heterocycles. The van der Waals surface area contributed by atoms with Crippen molar-refractivity contribution in [3.05, 3.63) is 29.8 Å². The van der Waals surface area contributed by atoms with E-state index in [-0.39, 0.29) is 36.3 Å². The minimum Gasteiger partial charge on any atom is -0.491 e. The molecule has 1 aromatic carbocycles. The van der Waals surface area contributed by atoms with Gasteiger partial charge in [-0.2, -0.15) is 0 Å². The molecule has 0 aromatic heterocycles. The molecule has 0 fully saturated rings. The lowest BCUT2D eigenvalue weighted by Crippen LogP contribution is -2.41. The average molecular weight is 513 g/mol. The predicted molar refractivity (Wildman–Crippen MR) is 121 cm³/mol. The van der Waals surface area contributed by atoms with Crippen molar-refractivity contribution >= 4 is 39.8 Å². The fourth-order valence-electron chi connectivity index (χ4n) is 2.11. The van der Waals surface area contributed by atoms with E-state index in [0.717, 1.165) is 23.8 Å². The zero-order valence-electron chi connectivity index (χ0n) is 16.6. The zero-order chi connectivity index (χ0) is 19.4. The minimum absolute atomic E-state index is 0. The highest BCUT2D eigenvalue weighted by Gasteiger charge is 2.06. The van der Waals surface area contributed by atoms with Crippen molar-refractivity contribution in [1.29, 1.82) is 0 Å². The maximum absolute atomic E-state index is 11.0. The van der Waals surface area contributed by atoms with Crippen molar-refractivity contribution in [1.82, 2.24) is 10.2 Å². The van der Waals surface area contributed by atoms with E-state index < -0.39 is 9.84 Å². The summed E-state index contributed by atoms with van der Waals surface area (Å²) in [5.74, 6) is 1.70. The highest BCUT2D eigenvalue weighted by molar-refractivity contribution is 14.0. The first-order valence-corrected chi connectivity index (χ1v) is 10.8. The standard InChI is InChI=1S/C18H31N3O4S.HI/c1-5-19-18(20-10-12-24-14-15-26(4,22)23)21(3)11-13-25-17-9-7-6-8-16(17)2;/h6-9H,5,10-15H2,1-4H3,(H,19,20);1H. The Morgan fingerprint density at radius 1 is 1.22 bits per heavy atom. The second-order valence-electron chi connectivity index (χ2n) is 6.01. The maximum atomic E-state index is 11.0. The summed E-state index contributed by atoms with van der Waals surface area (Å²) >= 11 is 0. The van der Waals surface area contributed by atoms with Gasteiger partial charge in [0.25, 0.3) is 0 Å². The molecule has 1 rings (SSSR count). The molecule has 0 atom stereocenters. The number of nitrogens with one attached hydrogen (secondary N) is 1. The molecule has 0 bridgehead atoms. The summed E-state index contributed by atoms with van der Waals surface area (Å²) in [6.07, 6.45) is 1.20. The van der Waals surface area contributed by atoms with Crippen LogP contribution < -0.4 is 10.1 Å². The van der Waals surface area contributed by atoms with Crippen LogP contribution in [0.25, 0.3) is 0 Å². The van der Waals surface area contributed by atoms with E-state index in [2.05, 4.69) is 10.3 Å². The number of rotatable bonds is 11. The Bertz CT molecular complexity index is 668. The molecule has 0 heterocycles. The van der Waals surface area contributed by atoms with Crippen LogP contribution in [0.5, 0.6) is 5.75 Å². The molecule has 0 unspecified atom stereocenters. The topological polar surface area (TPSA) is 80.2 Å². The van der Waals surface area contributed by atoms with Crippen LogP contribution in [-0.4, -0.2) is 77.8 Å². The minimum atomic E-state index is -2.98. The summed E-state index contributed by atoms with van der Waals surface area (Å²) in [5.41, 5.74) is 1.11. The lowest BCUT2D eigenvalue weighted by molar-refractivity contribution is 0.157. The molecule has 0 radical (unpaired) electrons. The highest BCUT2D eigenvalue weighted by Crippen LogP contribution is 2.15. The van der Waals surface area contributed by atoms with E-state index in [0.29, 0.717) is 26.3 Å².